The van der Waals surface area contributed by atoms with Gasteiger partial charge in [0.15, 0.2) is 5.78 Å². The van der Waals surface area contributed by atoms with Crippen molar-refractivity contribution in [1.82, 2.24) is 0 Å². The average molecular weight is 493 g/mol. The number of phenols is 1. The van der Waals surface area contributed by atoms with Crippen molar-refractivity contribution < 1.29 is 24.1 Å². The Kier molecular flexibility index (Phi) is 17.2. The van der Waals surface area contributed by atoms with Crippen LogP contribution in [-0.2, 0) is 11.2 Å². The molecular formula is C28H41ClO5. The first kappa shape index (κ1) is 33.3. The quantitative estimate of drug-likeness (QED) is 0.345. The predicted octanol–water partition coefficient (Wildman–Crippen LogP) is 8.05. The number of methoxy groups -OCH3 is 3. The number of carbonyl (C=O) groups excluding carboxylic acids is 1. The van der Waals surface area contributed by atoms with E-state index in [0.717, 1.165) is 41.0 Å². The van der Waals surface area contributed by atoms with Crippen molar-refractivity contribution in [1.29, 1.82) is 0 Å². The number of fused-ring (bicyclic) bond motifs is 1. The second kappa shape index (κ2) is 17.5. The largest absolute Gasteiger partial charge is 0.507 e. The molecule has 0 saturated carbocycles. The molecule has 0 saturated heterocycles. The third-order valence-corrected chi connectivity index (χ3v) is 4.83. The SMILES string of the molecule is C.C=C(C)OC.CC.CC(=O)c1cc2c(cc1O)CCC=C2.COc1cc(OC)c(Cl)cc1C. The number of benzene rings is 2. The lowest BCUT2D eigenvalue weighted by atomic mass is 9.94. The van der Waals surface area contributed by atoms with Crippen LogP contribution in [0.15, 0.2) is 42.7 Å². The number of hydrogen-bond acceptors (Lipinski definition) is 5. The molecule has 0 radical (unpaired) electrons. The topological polar surface area (TPSA) is 65.0 Å². The molecule has 5 nitrogen and oxygen atoms in total. The third kappa shape index (κ3) is 10.8. The Morgan fingerprint density at radius 2 is 1.59 bits per heavy atom. The number of aryl methyl sites for hydroxylation is 2. The minimum atomic E-state index is -0.0933. The first-order valence-electron chi connectivity index (χ1n) is 10.8. The number of rotatable bonds is 4. The molecule has 0 spiro atoms. The molecule has 2 aromatic carbocycles. The van der Waals surface area contributed by atoms with E-state index in [2.05, 4.69) is 17.4 Å². The number of allylic oxidation sites excluding steroid dienone is 2. The van der Waals surface area contributed by atoms with Crippen LogP contribution in [0, 0.1) is 6.92 Å². The van der Waals surface area contributed by atoms with E-state index in [9.17, 15) is 9.90 Å². The Labute approximate surface area is 211 Å². The molecule has 0 aliphatic heterocycles. The maximum absolute atomic E-state index is 11.2. The third-order valence-electron chi connectivity index (χ3n) is 4.53. The molecular weight excluding hydrogens is 452 g/mol. The Hall–Kier alpha value is -2.92. The summed E-state index contributed by atoms with van der Waals surface area (Å²) in [7, 11) is 4.80. The average Bonchev–Trinajstić information content (AvgIpc) is 2.80. The van der Waals surface area contributed by atoms with Crippen LogP contribution in [0.2, 0.25) is 5.02 Å². The first-order chi connectivity index (χ1) is 15.6. The summed E-state index contributed by atoms with van der Waals surface area (Å²) in [5.41, 5.74) is 3.59. The molecule has 0 amide bonds. The summed E-state index contributed by atoms with van der Waals surface area (Å²) in [5, 5.41) is 10.2. The van der Waals surface area contributed by atoms with Gasteiger partial charge in [0.25, 0.3) is 0 Å². The van der Waals surface area contributed by atoms with Crippen LogP contribution < -0.4 is 9.47 Å². The summed E-state index contributed by atoms with van der Waals surface area (Å²) in [6.07, 6.45) is 6.04. The predicted molar refractivity (Wildman–Crippen MR) is 145 cm³/mol. The van der Waals surface area contributed by atoms with Gasteiger partial charge in [0.2, 0.25) is 0 Å². The highest BCUT2D eigenvalue weighted by atomic mass is 35.5. The molecule has 1 aliphatic rings. The number of phenolic OH excluding ortho intramolecular Hbond substituents is 1. The molecule has 2 aromatic rings. The van der Waals surface area contributed by atoms with Crippen molar-refractivity contribution in [3.63, 3.8) is 0 Å². The summed E-state index contributed by atoms with van der Waals surface area (Å²) in [4.78, 5) is 11.2. The standard InChI is InChI=1S/C12H12O2.C9H11ClO2.C4H8O.C2H6.CH4/c1-8(13)11-6-9-4-2-3-5-10(9)7-12(11)14;1-6-4-7(10)9(12-3)5-8(6)11-2;1-4(2)5-3;1-2;/h2,4,6-7,14H,3,5H2,1H3;4-5H,1-3H3;1H2,2-3H3;1-2H3;1H4. The lowest BCUT2D eigenvalue weighted by molar-refractivity contribution is 0.101. The zero-order chi connectivity index (χ0) is 25.6. The summed E-state index contributed by atoms with van der Waals surface area (Å²) in [6.45, 7) is 12.7. The van der Waals surface area contributed by atoms with E-state index >= 15 is 0 Å². The Morgan fingerprint density at radius 3 is 2.06 bits per heavy atom. The highest BCUT2D eigenvalue weighted by Gasteiger charge is 2.12. The first-order valence-corrected chi connectivity index (χ1v) is 11.1. The van der Waals surface area contributed by atoms with Gasteiger partial charge >= 0.3 is 0 Å². The van der Waals surface area contributed by atoms with Gasteiger partial charge in [-0.05, 0) is 68.5 Å². The van der Waals surface area contributed by atoms with Crippen molar-refractivity contribution in [2.24, 2.45) is 0 Å². The molecule has 34 heavy (non-hydrogen) atoms. The van der Waals surface area contributed by atoms with Crippen LogP contribution in [-0.4, -0.2) is 32.2 Å². The highest BCUT2D eigenvalue weighted by molar-refractivity contribution is 6.32. The van der Waals surface area contributed by atoms with E-state index in [1.165, 1.54) is 6.92 Å². The Balaban J connectivity index is 0. The molecule has 190 valence electrons. The molecule has 0 fully saturated rings. The Bertz CT molecular complexity index is 923. The van der Waals surface area contributed by atoms with Crippen LogP contribution in [0.1, 0.15) is 68.6 Å². The van der Waals surface area contributed by atoms with Gasteiger partial charge in [-0.1, -0.05) is 51.6 Å². The zero-order valence-corrected chi connectivity index (χ0v) is 21.8. The summed E-state index contributed by atoms with van der Waals surface area (Å²) in [6, 6.07) is 7.06. The highest BCUT2D eigenvalue weighted by Crippen LogP contribution is 2.31. The number of aromatic hydroxyl groups is 1. The second-order valence-corrected chi connectivity index (χ2v) is 7.34. The summed E-state index contributed by atoms with van der Waals surface area (Å²) >= 11 is 5.88. The molecule has 0 bridgehead atoms. The van der Waals surface area contributed by atoms with Crippen molar-refractivity contribution in [2.45, 2.75) is 54.9 Å². The van der Waals surface area contributed by atoms with E-state index in [-0.39, 0.29) is 19.0 Å². The van der Waals surface area contributed by atoms with Crippen LogP contribution in [0.25, 0.3) is 6.08 Å². The number of carbonyl (C=O) groups is 1. The number of ether oxygens (including phenoxy) is 3. The van der Waals surface area contributed by atoms with E-state index in [4.69, 9.17) is 21.1 Å². The monoisotopic (exact) mass is 492 g/mol. The number of hydrogen-bond donors (Lipinski definition) is 1. The molecule has 1 aliphatic carbocycles. The maximum atomic E-state index is 11.2. The minimum Gasteiger partial charge on any atom is -0.507 e. The van der Waals surface area contributed by atoms with Gasteiger partial charge in [-0.15, -0.1) is 0 Å². The zero-order valence-electron chi connectivity index (χ0n) is 21.0. The van der Waals surface area contributed by atoms with Crippen LogP contribution in [0.5, 0.6) is 17.2 Å². The molecule has 0 heterocycles. The summed E-state index contributed by atoms with van der Waals surface area (Å²) in [5.74, 6) is 2.19. The minimum absolute atomic E-state index is 0. The Morgan fingerprint density at radius 1 is 1.03 bits per heavy atom. The second-order valence-electron chi connectivity index (χ2n) is 6.93. The molecule has 0 aromatic heterocycles. The fourth-order valence-corrected chi connectivity index (χ4v) is 3.06. The van der Waals surface area contributed by atoms with Crippen LogP contribution in [0.4, 0.5) is 0 Å². The van der Waals surface area contributed by atoms with Crippen molar-refractivity contribution >= 4 is 23.5 Å². The lowest BCUT2D eigenvalue weighted by Gasteiger charge is -2.12. The smallest absolute Gasteiger partial charge is 0.163 e. The van der Waals surface area contributed by atoms with Crippen molar-refractivity contribution in [3.05, 3.63) is 70.0 Å². The van der Waals surface area contributed by atoms with Crippen molar-refractivity contribution in [2.75, 3.05) is 21.3 Å². The molecule has 3 rings (SSSR count). The van der Waals surface area contributed by atoms with E-state index in [1.807, 2.05) is 32.9 Å². The number of ketones is 1. The van der Waals surface area contributed by atoms with Gasteiger partial charge in [-0.2, -0.15) is 0 Å². The fraction of sp³-hybridized carbons (Fsp3) is 0.393. The van der Waals surface area contributed by atoms with Gasteiger partial charge in [0.1, 0.15) is 17.2 Å². The van der Waals surface area contributed by atoms with Gasteiger partial charge in [-0.25, -0.2) is 0 Å². The molecule has 1 N–H and O–H groups in total. The van der Waals surface area contributed by atoms with Gasteiger partial charge in [0.05, 0.1) is 37.7 Å². The van der Waals surface area contributed by atoms with Gasteiger partial charge in [0, 0.05) is 6.07 Å². The maximum Gasteiger partial charge on any atom is 0.163 e. The van der Waals surface area contributed by atoms with Crippen LogP contribution in [0.3, 0.4) is 0 Å². The van der Waals surface area contributed by atoms with E-state index < -0.39 is 0 Å². The van der Waals surface area contributed by atoms with Crippen LogP contribution >= 0.6 is 11.6 Å². The normalized spacial score (nSPS) is 10.3. The van der Waals surface area contributed by atoms with Crippen molar-refractivity contribution in [3.8, 4) is 17.2 Å². The molecule has 0 unspecified atom stereocenters. The lowest BCUT2D eigenvalue weighted by Crippen LogP contribution is -1.99. The fourth-order valence-electron chi connectivity index (χ4n) is 2.76. The summed E-state index contributed by atoms with van der Waals surface area (Å²) < 4.78 is 14.7. The molecule has 0 atom stereocenters. The number of halogens is 1. The van der Waals surface area contributed by atoms with E-state index in [1.54, 1.807) is 46.5 Å². The van der Waals surface area contributed by atoms with Gasteiger partial charge in [-0.3, -0.25) is 4.79 Å². The number of Topliss-reactive ketones (excluding diaryl/α,β-unsaturated/α-hetero) is 1. The molecule has 6 heteroatoms. The van der Waals surface area contributed by atoms with Gasteiger partial charge < -0.3 is 19.3 Å². The van der Waals surface area contributed by atoms with E-state index in [0.29, 0.717) is 16.3 Å².